The molecule has 0 aliphatic rings. The molecule has 0 bridgehead atoms. The molecule has 0 aliphatic carbocycles. The van der Waals surface area contributed by atoms with E-state index in [1.54, 1.807) is 18.0 Å². The molecule has 0 fully saturated rings. The molecule has 0 saturated carbocycles. The Hall–Kier alpha value is -0.250. The number of thioether (sulfide) groups is 1. The third kappa shape index (κ3) is 5.73. The molecule has 1 rings (SSSR count). The van der Waals surface area contributed by atoms with Gasteiger partial charge in [0.2, 0.25) is 0 Å². The second-order valence-corrected chi connectivity index (χ2v) is 5.56. The lowest BCUT2D eigenvalue weighted by molar-refractivity contribution is 0.547. The predicted molar refractivity (Wildman–Crippen MR) is 72.3 cm³/mol. The minimum atomic E-state index is 0.745. The van der Waals surface area contributed by atoms with Crippen molar-refractivity contribution in [1.29, 1.82) is 0 Å². The Labute approximate surface area is 107 Å². The summed E-state index contributed by atoms with van der Waals surface area (Å²) in [6.45, 7) is 6.58. The SMILES string of the molecule is CC(C)CCNCCSc1ncccc1Cl. The Morgan fingerprint density at radius 3 is 2.94 bits per heavy atom. The average molecular weight is 259 g/mol. The summed E-state index contributed by atoms with van der Waals surface area (Å²) in [6, 6.07) is 3.73. The molecule has 16 heavy (non-hydrogen) atoms. The molecule has 4 heteroatoms. The van der Waals surface area contributed by atoms with Crippen LogP contribution in [-0.2, 0) is 0 Å². The van der Waals surface area contributed by atoms with Gasteiger partial charge in [0.1, 0.15) is 5.03 Å². The highest BCUT2D eigenvalue weighted by atomic mass is 35.5. The fourth-order valence-electron chi connectivity index (χ4n) is 1.21. The van der Waals surface area contributed by atoms with Gasteiger partial charge in [-0.25, -0.2) is 4.98 Å². The highest BCUT2D eigenvalue weighted by molar-refractivity contribution is 7.99. The zero-order chi connectivity index (χ0) is 11.8. The van der Waals surface area contributed by atoms with Crippen LogP contribution >= 0.6 is 23.4 Å². The van der Waals surface area contributed by atoms with Crippen LogP contribution in [-0.4, -0.2) is 23.8 Å². The Kier molecular flexibility index (Phi) is 6.85. The number of hydrogen-bond acceptors (Lipinski definition) is 3. The second kappa shape index (κ2) is 7.93. The minimum Gasteiger partial charge on any atom is -0.316 e. The molecule has 1 heterocycles. The lowest BCUT2D eigenvalue weighted by Crippen LogP contribution is -2.19. The van der Waals surface area contributed by atoms with E-state index in [0.717, 1.165) is 34.8 Å². The summed E-state index contributed by atoms with van der Waals surface area (Å²) in [6.07, 6.45) is 3.01. The summed E-state index contributed by atoms with van der Waals surface area (Å²) in [5.41, 5.74) is 0. The highest BCUT2D eigenvalue weighted by Crippen LogP contribution is 2.23. The smallest absolute Gasteiger partial charge is 0.115 e. The number of hydrogen-bond donors (Lipinski definition) is 1. The lowest BCUT2D eigenvalue weighted by Gasteiger charge is -2.06. The van der Waals surface area contributed by atoms with Crippen LogP contribution < -0.4 is 5.32 Å². The van der Waals surface area contributed by atoms with Gasteiger partial charge in [-0.3, -0.25) is 0 Å². The molecule has 0 radical (unpaired) electrons. The third-order valence-electron chi connectivity index (χ3n) is 2.14. The van der Waals surface area contributed by atoms with E-state index < -0.39 is 0 Å². The summed E-state index contributed by atoms with van der Waals surface area (Å²) in [5, 5.41) is 5.09. The molecule has 1 N–H and O–H groups in total. The van der Waals surface area contributed by atoms with Crippen LogP contribution in [0.5, 0.6) is 0 Å². The maximum atomic E-state index is 6.00. The standard InChI is InChI=1S/C12H19ClN2S/c1-10(2)5-7-14-8-9-16-12-11(13)4-3-6-15-12/h3-4,6,10,14H,5,7-9H2,1-2H3. The Balaban J connectivity index is 2.10. The van der Waals surface area contributed by atoms with Crippen molar-refractivity contribution in [3.63, 3.8) is 0 Å². The van der Waals surface area contributed by atoms with Gasteiger partial charge in [-0.15, -0.1) is 11.8 Å². The van der Waals surface area contributed by atoms with Crippen LogP contribution in [0.4, 0.5) is 0 Å². The maximum Gasteiger partial charge on any atom is 0.115 e. The number of nitrogens with zero attached hydrogens (tertiary/aromatic N) is 1. The van der Waals surface area contributed by atoms with E-state index in [-0.39, 0.29) is 0 Å². The summed E-state index contributed by atoms with van der Waals surface area (Å²) < 4.78 is 0. The van der Waals surface area contributed by atoms with Gasteiger partial charge in [-0.05, 0) is 31.0 Å². The van der Waals surface area contributed by atoms with Crippen molar-refractivity contribution in [2.24, 2.45) is 5.92 Å². The Bertz CT molecular complexity index is 305. The van der Waals surface area contributed by atoms with Crippen LogP contribution in [0.25, 0.3) is 0 Å². The molecule has 0 amide bonds. The minimum absolute atomic E-state index is 0.745. The average Bonchev–Trinajstić information content (AvgIpc) is 2.25. The van der Waals surface area contributed by atoms with E-state index in [9.17, 15) is 0 Å². The molecule has 0 aromatic carbocycles. The molecule has 0 aliphatic heterocycles. The van der Waals surface area contributed by atoms with Gasteiger partial charge < -0.3 is 5.32 Å². The van der Waals surface area contributed by atoms with Gasteiger partial charge in [0, 0.05) is 18.5 Å². The quantitative estimate of drug-likeness (QED) is 0.599. The molecule has 0 saturated heterocycles. The molecule has 1 aromatic heterocycles. The molecule has 1 aromatic rings. The van der Waals surface area contributed by atoms with Gasteiger partial charge in [-0.2, -0.15) is 0 Å². The fraction of sp³-hybridized carbons (Fsp3) is 0.583. The molecule has 0 unspecified atom stereocenters. The molecule has 0 spiro atoms. The van der Waals surface area contributed by atoms with Gasteiger partial charge in [0.25, 0.3) is 0 Å². The zero-order valence-corrected chi connectivity index (χ0v) is 11.4. The largest absolute Gasteiger partial charge is 0.316 e. The van der Waals surface area contributed by atoms with Crippen molar-refractivity contribution in [3.05, 3.63) is 23.4 Å². The van der Waals surface area contributed by atoms with E-state index in [1.165, 1.54) is 6.42 Å². The first kappa shape index (κ1) is 13.8. The van der Waals surface area contributed by atoms with E-state index in [1.807, 2.05) is 12.1 Å². The number of rotatable bonds is 7. The van der Waals surface area contributed by atoms with Gasteiger partial charge in [-0.1, -0.05) is 25.4 Å². The fourth-order valence-corrected chi connectivity index (χ4v) is 2.28. The second-order valence-electron chi connectivity index (χ2n) is 4.07. The zero-order valence-electron chi connectivity index (χ0n) is 9.87. The van der Waals surface area contributed by atoms with Crippen molar-refractivity contribution in [2.45, 2.75) is 25.3 Å². The summed E-state index contributed by atoms with van der Waals surface area (Å²) in [7, 11) is 0. The number of nitrogens with one attached hydrogen (secondary N) is 1. The number of halogens is 1. The van der Waals surface area contributed by atoms with Crippen LogP contribution in [0.2, 0.25) is 5.02 Å². The molecule has 2 nitrogen and oxygen atoms in total. The van der Waals surface area contributed by atoms with Crippen LogP contribution in [0, 0.1) is 5.92 Å². The van der Waals surface area contributed by atoms with Crippen LogP contribution in [0.15, 0.2) is 23.4 Å². The van der Waals surface area contributed by atoms with Crippen molar-refractivity contribution in [1.82, 2.24) is 10.3 Å². The van der Waals surface area contributed by atoms with Gasteiger partial charge >= 0.3 is 0 Å². The summed E-state index contributed by atoms with van der Waals surface area (Å²) in [4.78, 5) is 4.23. The summed E-state index contributed by atoms with van der Waals surface area (Å²) in [5.74, 6) is 1.78. The topological polar surface area (TPSA) is 24.9 Å². The highest BCUT2D eigenvalue weighted by Gasteiger charge is 2.00. The molecule has 90 valence electrons. The van der Waals surface area contributed by atoms with Gasteiger partial charge in [0.05, 0.1) is 5.02 Å². The van der Waals surface area contributed by atoms with E-state index >= 15 is 0 Å². The normalized spacial score (nSPS) is 11.0. The van der Waals surface area contributed by atoms with E-state index in [0.29, 0.717) is 0 Å². The number of aromatic nitrogens is 1. The van der Waals surface area contributed by atoms with Crippen LogP contribution in [0.3, 0.4) is 0 Å². The first-order valence-electron chi connectivity index (χ1n) is 5.64. The van der Waals surface area contributed by atoms with E-state index in [4.69, 9.17) is 11.6 Å². The number of pyridine rings is 1. The Morgan fingerprint density at radius 1 is 1.44 bits per heavy atom. The molecular weight excluding hydrogens is 240 g/mol. The van der Waals surface area contributed by atoms with Crippen molar-refractivity contribution in [2.75, 3.05) is 18.8 Å². The first-order valence-corrected chi connectivity index (χ1v) is 7.00. The van der Waals surface area contributed by atoms with Crippen molar-refractivity contribution < 1.29 is 0 Å². The van der Waals surface area contributed by atoms with Crippen LogP contribution in [0.1, 0.15) is 20.3 Å². The predicted octanol–water partition coefficient (Wildman–Crippen LogP) is 3.46. The lowest BCUT2D eigenvalue weighted by atomic mass is 10.1. The van der Waals surface area contributed by atoms with Gasteiger partial charge in [0.15, 0.2) is 0 Å². The molecular formula is C12H19ClN2S. The molecule has 0 atom stereocenters. The first-order chi connectivity index (χ1) is 7.70. The monoisotopic (exact) mass is 258 g/mol. The maximum absolute atomic E-state index is 6.00. The summed E-state index contributed by atoms with van der Waals surface area (Å²) >= 11 is 7.70. The Morgan fingerprint density at radius 2 is 2.25 bits per heavy atom. The van der Waals surface area contributed by atoms with Crippen molar-refractivity contribution >= 4 is 23.4 Å². The van der Waals surface area contributed by atoms with E-state index in [2.05, 4.69) is 24.1 Å². The van der Waals surface area contributed by atoms with Crippen molar-refractivity contribution in [3.8, 4) is 0 Å². The third-order valence-corrected chi connectivity index (χ3v) is 3.56.